The molecule has 0 bridgehead atoms. The number of benzene rings is 2. The minimum Gasteiger partial charge on any atom is -0.480 e. The van der Waals surface area contributed by atoms with Crippen molar-refractivity contribution in [3.8, 4) is 11.3 Å². The standard InChI is InChI=1S/C22H23N3O4/c1-14(2)12-19(22(28)29)23-20(26)13-25-21(27)11-10-18(24-25)17-9-5-7-15-6-3-4-8-16(15)17/h3-11,14,19H,12-13H2,1-2H3,(H,23,26)(H,28,29)/t19-/m0/s1. The third-order valence-electron chi connectivity index (χ3n) is 4.57. The Morgan fingerprint density at radius 1 is 1.07 bits per heavy atom. The van der Waals surface area contributed by atoms with Crippen LogP contribution in [0.2, 0.25) is 0 Å². The average Bonchev–Trinajstić information content (AvgIpc) is 2.68. The number of rotatable bonds is 7. The Bertz CT molecular complexity index is 1100. The van der Waals surface area contributed by atoms with E-state index in [0.29, 0.717) is 12.1 Å². The lowest BCUT2D eigenvalue weighted by molar-refractivity contribution is -0.142. The van der Waals surface area contributed by atoms with Gasteiger partial charge in [-0.25, -0.2) is 9.48 Å². The summed E-state index contributed by atoms with van der Waals surface area (Å²) in [5, 5.41) is 18.1. The number of carbonyl (C=O) groups excluding carboxylic acids is 1. The van der Waals surface area contributed by atoms with Gasteiger partial charge in [-0.1, -0.05) is 56.3 Å². The molecule has 29 heavy (non-hydrogen) atoms. The first-order valence-corrected chi connectivity index (χ1v) is 9.43. The number of aromatic nitrogens is 2. The number of fused-ring (bicyclic) bond motifs is 1. The van der Waals surface area contributed by atoms with Gasteiger partial charge in [0, 0.05) is 11.6 Å². The molecule has 150 valence electrons. The maximum Gasteiger partial charge on any atom is 0.326 e. The second-order valence-electron chi connectivity index (χ2n) is 7.33. The highest BCUT2D eigenvalue weighted by Crippen LogP contribution is 2.26. The van der Waals surface area contributed by atoms with Crippen LogP contribution in [0.1, 0.15) is 20.3 Å². The van der Waals surface area contributed by atoms with Gasteiger partial charge in [0.25, 0.3) is 5.56 Å². The third-order valence-corrected chi connectivity index (χ3v) is 4.57. The van der Waals surface area contributed by atoms with Crippen LogP contribution in [0.4, 0.5) is 0 Å². The Morgan fingerprint density at radius 2 is 1.79 bits per heavy atom. The van der Waals surface area contributed by atoms with Crippen molar-refractivity contribution in [1.82, 2.24) is 15.1 Å². The van der Waals surface area contributed by atoms with Crippen LogP contribution in [0, 0.1) is 5.92 Å². The molecule has 0 aliphatic heterocycles. The normalized spacial score (nSPS) is 12.1. The molecule has 1 amide bonds. The first kappa shape index (κ1) is 20.3. The fourth-order valence-electron chi connectivity index (χ4n) is 3.22. The van der Waals surface area contributed by atoms with Crippen molar-refractivity contribution < 1.29 is 14.7 Å². The van der Waals surface area contributed by atoms with Crippen LogP contribution in [0.5, 0.6) is 0 Å². The highest BCUT2D eigenvalue weighted by Gasteiger charge is 2.21. The number of amides is 1. The van der Waals surface area contributed by atoms with Crippen molar-refractivity contribution in [1.29, 1.82) is 0 Å². The lowest BCUT2D eigenvalue weighted by Crippen LogP contribution is -2.44. The van der Waals surface area contributed by atoms with Crippen molar-refractivity contribution in [3.05, 3.63) is 65.0 Å². The average molecular weight is 393 g/mol. The molecule has 1 heterocycles. The fourth-order valence-corrected chi connectivity index (χ4v) is 3.22. The maximum atomic E-state index is 12.3. The minimum atomic E-state index is -1.10. The molecule has 7 nitrogen and oxygen atoms in total. The second kappa shape index (κ2) is 8.68. The quantitative estimate of drug-likeness (QED) is 0.643. The number of nitrogens with one attached hydrogen (secondary N) is 1. The van der Waals surface area contributed by atoms with Crippen LogP contribution in [0.3, 0.4) is 0 Å². The molecular weight excluding hydrogens is 370 g/mol. The molecule has 2 N–H and O–H groups in total. The van der Waals surface area contributed by atoms with Gasteiger partial charge in [0.2, 0.25) is 5.91 Å². The molecule has 3 aromatic rings. The number of nitrogens with zero attached hydrogens (tertiary/aromatic N) is 2. The Hall–Kier alpha value is -3.48. The van der Waals surface area contributed by atoms with E-state index in [4.69, 9.17) is 0 Å². The van der Waals surface area contributed by atoms with Crippen LogP contribution in [-0.4, -0.2) is 32.8 Å². The maximum absolute atomic E-state index is 12.3. The van der Waals surface area contributed by atoms with Gasteiger partial charge in [-0.05, 0) is 29.2 Å². The van der Waals surface area contributed by atoms with E-state index in [9.17, 15) is 19.5 Å². The highest BCUT2D eigenvalue weighted by molar-refractivity contribution is 5.95. The van der Waals surface area contributed by atoms with Crippen LogP contribution in [-0.2, 0) is 16.1 Å². The van der Waals surface area contributed by atoms with Crippen LogP contribution in [0.15, 0.2) is 59.4 Å². The van der Waals surface area contributed by atoms with E-state index in [0.717, 1.165) is 21.0 Å². The molecule has 0 unspecified atom stereocenters. The van der Waals surface area contributed by atoms with E-state index in [1.165, 1.54) is 6.07 Å². The van der Waals surface area contributed by atoms with Gasteiger partial charge >= 0.3 is 5.97 Å². The first-order valence-electron chi connectivity index (χ1n) is 9.43. The van der Waals surface area contributed by atoms with E-state index < -0.39 is 23.5 Å². The van der Waals surface area contributed by atoms with Crippen molar-refractivity contribution in [3.63, 3.8) is 0 Å². The number of carbonyl (C=O) groups is 2. The van der Waals surface area contributed by atoms with E-state index in [1.807, 2.05) is 56.3 Å². The number of hydrogen-bond donors (Lipinski definition) is 2. The minimum absolute atomic E-state index is 0.104. The molecule has 3 rings (SSSR count). The van der Waals surface area contributed by atoms with Crippen molar-refractivity contribution in [2.24, 2.45) is 5.92 Å². The summed E-state index contributed by atoms with van der Waals surface area (Å²) in [6.07, 6.45) is 0.305. The zero-order valence-corrected chi connectivity index (χ0v) is 16.3. The molecule has 0 aliphatic carbocycles. The number of carboxylic acids is 1. The van der Waals surface area contributed by atoms with Gasteiger partial charge in [0.1, 0.15) is 12.6 Å². The molecule has 1 atom stereocenters. The lowest BCUT2D eigenvalue weighted by Gasteiger charge is -2.16. The zero-order valence-electron chi connectivity index (χ0n) is 16.3. The molecule has 0 fully saturated rings. The van der Waals surface area contributed by atoms with E-state index >= 15 is 0 Å². The zero-order chi connectivity index (χ0) is 21.0. The van der Waals surface area contributed by atoms with Crippen LogP contribution in [0.25, 0.3) is 22.0 Å². The molecule has 1 aromatic heterocycles. The Balaban J connectivity index is 1.87. The smallest absolute Gasteiger partial charge is 0.326 e. The molecule has 7 heteroatoms. The Labute approximate surface area is 168 Å². The molecule has 0 radical (unpaired) electrons. The molecule has 0 saturated carbocycles. The van der Waals surface area contributed by atoms with E-state index in [2.05, 4.69) is 10.4 Å². The van der Waals surface area contributed by atoms with Gasteiger partial charge in [-0.15, -0.1) is 0 Å². The lowest BCUT2D eigenvalue weighted by atomic mass is 10.0. The monoisotopic (exact) mass is 393 g/mol. The van der Waals surface area contributed by atoms with Gasteiger partial charge in [-0.3, -0.25) is 9.59 Å². The van der Waals surface area contributed by atoms with Crippen molar-refractivity contribution in [2.75, 3.05) is 0 Å². The second-order valence-corrected chi connectivity index (χ2v) is 7.33. The molecule has 0 spiro atoms. The summed E-state index contributed by atoms with van der Waals surface area (Å²) in [4.78, 5) is 35.9. The summed E-state index contributed by atoms with van der Waals surface area (Å²) < 4.78 is 1.06. The molecule has 0 aliphatic rings. The Kier molecular flexibility index (Phi) is 6.07. The predicted molar refractivity (Wildman–Crippen MR) is 110 cm³/mol. The largest absolute Gasteiger partial charge is 0.480 e. The predicted octanol–water partition coefficient (Wildman–Crippen LogP) is 2.68. The van der Waals surface area contributed by atoms with Crippen molar-refractivity contribution in [2.45, 2.75) is 32.9 Å². The van der Waals surface area contributed by atoms with E-state index in [1.54, 1.807) is 6.07 Å². The van der Waals surface area contributed by atoms with Crippen LogP contribution >= 0.6 is 0 Å². The van der Waals surface area contributed by atoms with Gasteiger partial charge in [0.05, 0.1) is 5.69 Å². The molecular formula is C22H23N3O4. The third kappa shape index (κ3) is 4.87. The summed E-state index contributed by atoms with van der Waals surface area (Å²) in [6.45, 7) is 3.41. The van der Waals surface area contributed by atoms with Gasteiger partial charge < -0.3 is 10.4 Å². The fraction of sp³-hybridized carbons (Fsp3) is 0.273. The summed E-state index contributed by atoms with van der Waals surface area (Å²) in [7, 11) is 0. The van der Waals surface area contributed by atoms with Gasteiger partial charge in [0.15, 0.2) is 0 Å². The molecule has 0 saturated heterocycles. The Morgan fingerprint density at radius 3 is 2.52 bits per heavy atom. The SMILES string of the molecule is CC(C)C[C@H](NC(=O)Cn1nc(-c2cccc3ccccc23)ccc1=O)C(=O)O. The van der Waals surface area contributed by atoms with E-state index in [-0.39, 0.29) is 12.5 Å². The topological polar surface area (TPSA) is 101 Å². The number of carboxylic acid groups (broad SMARTS) is 1. The first-order chi connectivity index (χ1) is 13.8. The van der Waals surface area contributed by atoms with Gasteiger partial charge in [-0.2, -0.15) is 5.10 Å². The summed E-state index contributed by atoms with van der Waals surface area (Å²) in [6, 6.07) is 15.6. The van der Waals surface area contributed by atoms with Crippen molar-refractivity contribution >= 4 is 22.6 Å². The van der Waals surface area contributed by atoms with Crippen LogP contribution < -0.4 is 10.9 Å². The summed E-state index contributed by atoms with van der Waals surface area (Å²) >= 11 is 0. The number of aliphatic carboxylic acids is 1. The molecule has 2 aromatic carbocycles. The summed E-state index contributed by atoms with van der Waals surface area (Å²) in [5.41, 5.74) is 0.978. The highest BCUT2D eigenvalue weighted by atomic mass is 16.4. The summed E-state index contributed by atoms with van der Waals surface area (Å²) in [5.74, 6) is -1.56. The number of hydrogen-bond acceptors (Lipinski definition) is 4.